The summed E-state index contributed by atoms with van der Waals surface area (Å²) in [6.07, 6.45) is 8.92. The Kier molecular flexibility index (Phi) is 12.6. The van der Waals surface area contributed by atoms with Crippen LogP contribution in [0.2, 0.25) is 0 Å². The van der Waals surface area contributed by atoms with Gasteiger partial charge in [0.1, 0.15) is 13.2 Å². The van der Waals surface area contributed by atoms with Gasteiger partial charge in [-0.25, -0.2) is 0 Å². The Morgan fingerprint density at radius 1 is 0.872 bits per heavy atom. The van der Waals surface area contributed by atoms with Crippen LogP contribution in [0.5, 0.6) is 0 Å². The predicted octanol–water partition coefficient (Wildman–Crippen LogP) is 4.40. The fraction of sp³-hybridized carbons (Fsp3) is 0.800. The maximum atomic E-state index is 12.3. The number of aliphatic hydroxyl groups excluding tert-OH is 1. The van der Waals surface area contributed by atoms with E-state index in [1.54, 1.807) is 6.92 Å². The van der Waals surface area contributed by atoms with E-state index in [2.05, 4.69) is 13.8 Å². The number of esters is 4. The molecule has 0 radical (unpaired) electrons. The second kappa shape index (κ2) is 16.0. The van der Waals surface area contributed by atoms with Crippen molar-refractivity contribution in [1.82, 2.24) is 0 Å². The van der Waals surface area contributed by atoms with Crippen molar-refractivity contribution in [1.29, 1.82) is 0 Å². The summed E-state index contributed by atoms with van der Waals surface area (Å²) in [5.41, 5.74) is 1.62. The molecule has 0 aromatic heterocycles. The molecule has 3 saturated carbocycles. The Labute approximate surface area is 277 Å². The lowest BCUT2D eigenvalue weighted by Gasteiger charge is -2.58. The summed E-state index contributed by atoms with van der Waals surface area (Å²) in [5, 5.41) is 10.3. The van der Waals surface area contributed by atoms with Gasteiger partial charge in [0.15, 0.2) is 18.7 Å². The number of hydrogen-bond acceptors (Lipinski definition) is 12. The van der Waals surface area contributed by atoms with E-state index in [0.717, 1.165) is 44.9 Å². The van der Waals surface area contributed by atoms with Crippen molar-refractivity contribution < 1.29 is 57.5 Å². The minimum Gasteiger partial charge on any atom is -0.462 e. The largest absolute Gasteiger partial charge is 0.462 e. The summed E-state index contributed by atoms with van der Waals surface area (Å²) < 4.78 is 30.9. The highest BCUT2D eigenvalue weighted by atomic mass is 16.8. The van der Waals surface area contributed by atoms with Crippen LogP contribution in [-0.4, -0.2) is 74.0 Å². The van der Waals surface area contributed by atoms with Crippen LogP contribution in [0.3, 0.4) is 0 Å². The fourth-order valence-corrected chi connectivity index (χ4v) is 8.82. The Morgan fingerprint density at radius 2 is 1.55 bits per heavy atom. The zero-order chi connectivity index (χ0) is 34.4. The van der Waals surface area contributed by atoms with Crippen molar-refractivity contribution in [2.45, 2.75) is 111 Å². The van der Waals surface area contributed by atoms with Crippen LogP contribution >= 0.6 is 0 Å². The summed E-state index contributed by atoms with van der Waals surface area (Å²) >= 11 is 0. The summed E-state index contributed by atoms with van der Waals surface area (Å²) in [6, 6.07) is 0. The van der Waals surface area contributed by atoms with Crippen LogP contribution in [0.4, 0.5) is 0 Å². The number of allylic oxidation sites excluding steroid dienone is 1. The number of carbonyl (C=O) groups is 5. The molecule has 0 spiro atoms. The highest BCUT2D eigenvalue weighted by Crippen LogP contribution is 2.66. The molecule has 3 fully saturated rings. The Hall–Kier alpha value is -2.83. The van der Waals surface area contributed by atoms with Crippen molar-refractivity contribution in [3.8, 4) is 0 Å². The average molecular weight is 665 g/mol. The third-order valence-electron chi connectivity index (χ3n) is 11.3. The minimum atomic E-state index is -1.54. The zero-order valence-corrected chi connectivity index (χ0v) is 28.5. The molecule has 4 aliphatic rings. The fourth-order valence-electron chi connectivity index (χ4n) is 8.82. The third kappa shape index (κ3) is 9.41. The number of aliphatic hydroxyl groups is 1. The number of ether oxygens (including phenoxy) is 6. The Balaban J connectivity index is 1.15. The van der Waals surface area contributed by atoms with Crippen LogP contribution < -0.4 is 0 Å². The molecular formula is C35H52O12. The zero-order valence-electron chi connectivity index (χ0n) is 28.5. The van der Waals surface area contributed by atoms with Crippen molar-refractivity contribution in [3.63, 3.8) is 0 Å². The molecule has 4 rings (SSSR count). The van der Waals surface area contributed by atoms with E-state index in [9.17, 15) is 29.1 Å². The van der Waals surface area contributed by atoms with Gasteiger partial charge in [-0.2, -0.15) is 0 Å². The third-order valence-corrected chi connectivity index (χ3v) is 11.3. The smallest absolute Gasteiger partial charge is 0.308 e. The quantitative estimate of drug-likeness (QED) is 0.150. The molecule has 0 aromatic carbocycles. The lowest BCUT2D eigenvalue weighted by Crippen LogP contribution is -2.50. The highest BCUT2D eigenvalue weighted by Gasteiger charge is 2.58. The van der Waals surface area contributed by atoms with Gasteiger partial charge in [0.2, 0.25) is 0 Å². The van der Waals surface area contributed by atoms with Gasteiger partial charge in [0.25, 0.3) is 6.48 Å². The number of fused-ring (bicyclic) bond motifs is 5. The normalized spacial score (nSPS) is 31.0. The van der Waals surface area contributed by atoms with Crippen LogP contribution in [0, 0.1) is 40.4 Å². The summed E-state index contributed by atoms with van der Waals surface area (Å²) in [5.74, 6) is -0.458. The summed E-state index contributed by atoms with van der Waals surface area (Å²) in [6.45, 7) is 6.60. The average Bonchev–Trinajstić information content (AvgIpc) is 3.33. The van der Waals surface area contributed by atoms with Crippen molar-refractivity contribution in [3.05, 3.63) is 11.6 Å². The van der Waals surface area contributed by atoms with Gasteiger partial charge in [0, 0.05) is 33.1 Å². The topological polar surface area (TPSA) is 161 Å². The summed E-state index contributed by atoms with van der Waals surface area (Å²) in [7, 11) is 0. The van der Waals surface area contributed by atoms with Crippen molar-refractivity contribution in [2.75, 3.05) is 26.6 Å². The molecule has 0 heterocycles. The first-order chi connectivity index (χ1) is 22.2. The van der Waals surface area contributed by atoms with E-state index in [1.165, 1.54) is 19.4 Å². The molecule has 12 heteroatoms. The van der Waals surface area contributed by atoms with E-state index >= 15 is 0 Å². The van der Waals surface area contributed by atoms with Crippen LogP contribution in [0.15, 0.2) is 11.6 Å². The van der Waals surface area contributed by atoms with Gasteiger partial charge in [-0.15, -0.1) is 0 Å². The van der Waals surface area contributed by atoms with Gasteiger partial charge in [0.05, 0.1) is 6.61 Å². The molecule has 0 bridgehead atoms. The second-order valence-electron chi connectivity index (χ2n) is 14.5. The molecule has 47 heavy (non-hydrogen) atoms. The molecular weight excluding hydrogens is 612 g/mol. The molecule has 0 aromatic rings. The van der Waals surface area contributed by atoms with Gasteiger partial charge in [-0.05, 0) is 91.4 Å². The monoisotopic (exact) mass is 664 g/mol. The maximum absolute atomic E-state index is 12.3. The first-order valence-electron chi connectivity index (χ1n) is 17.0. The molecule has 6 unspecified atom stereocenters. The predicted molar refractivity (Wildman–Crippen MR) is 166 cm³/mol. The van der Waals surface area contributed by atoms with Crippen LogP contribution in [0.1, 0.15) is 98.8 Å². The van der Waals surface area contributed by atoms with Gasteiger partial charge >= 0.3 is 23.9 Å². The van der Waals surface area contributed by atoms with Crippen molar-refractivity contribution >= 4 is 29.7 Å². The Bertz CT molecular complexity index is 1180. The van der Waals surface area contributed by atoms with Gasteiger partial charge in [-0.1, -0.05) is 26.3 Å². The van der Waals surface area contributed by atoms with Crippen LogP contribution in [0.25, 0.3) is 0 Å². The highest BCUT2D eigenvalue weighted by molar-refractivity contribution is 5.91. The molecule has 0 aliphatic heterocycles. The molecule has 0 amide bonds. The van der Waals surface area contributed by atoms with E-state index in [-0.39, 0.29) is 48.6 Å². The van der Waals surface area contributed by atoms with E-state index < -0.39 is 49.2 Å². The number of carbonyl (C=O) groups excluding carboxylic acids is 5. The lowest BCUT2D eigenvalue weighted by atomic mass is 9.47. The van der Waals surface area contributed by atoms with Gasteiger partial charge in [-0.3, -0.25) is 28.7 Å². The first kappa shape index (κ1) is 37.0. The minimum absolute atomic E-state index is 0.107. The number of ketones is 1. The lowest BCUT2D eigenvalue weighted by molar-refractivity contribution is -0.294. The summed E-state index contributed by atoms with van der Waals surface area (Å²) in [4.78, 5) is 58.9. The molecule has 12 nitrogen and oxygen atoms in total. The SMILES string of the molecule is CC(=O)OCC(COC(C)=O)OC(=O)CC(C)CC(=O)OCOC(O)OCC1CC[C@H]2C3CCC4=CC(=O)CCC4(C)[C@H]3CCC12C. The number of rotatable bonds is 15. The molecule has 1 N–H and O–H groups in total. The molecule has 0 saturated heterocycles. The van der Waals surface area contributed by atoms with E-state index in [1.807, 2.05) is 6.08 Å². The Morgan fingerprint density at radius 3 is 2.23 bits per heavy atom. The van der Waals surface area contributed by atoms with E-state index in [0.29, 0.717) is 30.8 Å². The maximum Gasteiger partial charge on any atom is 0.308 e. The molecule has 4 aliphatic carbocycles. The molecule has 8 atom stereocenters. The first-order valence-corrected chi connectivity index (χ1v) is 17.0. The number of hydrogen-bond donors (Lipinski definition) is 1. The second-order valence-corrected chi connectivity index (χ2v) is 14.5. The van der Waals surface area contributed by atoms with Gasteiger partial charge < -0.3 is 28.8 Å². The van der Waals surface area contributed by atoms with Crippen molar-refractivity contribution in [2.24, 2.45) is 40.4 Å². The van der Waals surface area contributed by atoms with Crippen LogP contribution in [-0.2, 0) is 52.4 Å². The van der Waals surface area contributed by atoms with E-state index in [4.69, 9.17) is 28.4 Å². The molecule has 264 valence electrons. The standard InChI is InChI=1S/C35H52O12/c1-21(15-32(40)47-27(18-42-22(2)36)19-43-23(3)37)14-31(39)45-20-46-33(41)44-17-25-7-9-29-28-8-6-24-16-26(38)10-12-34(24,4)30(28)11-13-35(25,29)5/h16,21,25,27-30,33,41H,6-15,17-20H2,1-5H3/t21?,25?,28?,29-,30-,33?,34?,35?/m0/s1.